The second-order valence-corrected chi connectivity index (χ2v) is 3.07. The zero-order valence-corrected chi connectivity index (χ0v) is 7.53. The second-order valence-electron chi connectivity index (χ2n) is 3.07. The zero-order chi connectivity index (χ0) is 9.72. The lowest BCUT2D eigenvalue weighted by molar-refractivity contribution is -0.163. The first-order chi connectivity index (χ1) is 5.43. The number of hydrogen-bond acceptors (Lipinski definition) is 3. The molecule has 0 aliphatic carbocycles. The van der Waals surface area contributed by atoms with Crippen LogP contribution in [0.4, 0.5) is 0 Å². The molecule has 0 fully saturated rings. The van der Waals surface area contributed by atoms with Gasteiger partial charge in [0, 0.05) is 6.92 Å². The van der Waals surface area contributed by atoms with Crippen LogP contribution in [-0.4, -0.2) is 23.1 Å². The molecule has 0 aromatic carbocycles. The molecule has 12 heavy (non-hydrogen) atoms. The Hall–Kier alpha value is -1.06. The summed E-state index contributed by atoms with van der Waals surface area (Å²) in [5.74, 6) is -1.44. The smallest absolute Gasteiger partial charge is 0.345 e. The van der Waals surface area contributed by atoms with Crippen molar-refractivity contribution in [2.24, 2.45) is 5.92 Å². The molecule has 0 bridgehead atoms. The van der Waals surface area contributed by atoms with Gasteiger partial charge in [0.1, 0.15) is 0 Å². The SMILES string of the molecule is CC(=O)OC(CC(C)C)C(=O)O. The molecule has 4 nitrogen and oxygen atoms in total. The Bertz CT molecular complexity index is 174. The van der Waals surface area contributed by atoms with E-state index >= 15 is 0 Å². The number of ether oxygens (including phenoxy) is 1. The fourth-order valence-electron chi connectivity index (χ4n) is 0.828. The summed E-state index contributed by atoms with van der Waals surface area (Å²) in [7, 11) is 0. The van der Waals surface area contributed by atoms with E-state index < -0.39 is 18.0 Å². The van der Waals surface area contributed by atoms with E-state index in [1.54, 1.807) is 0 Å². The highest BCUT2D eigenvalue weighted by Gasteiger charge is 2.21. The van der Waals surface area contributed by atoms with Gasteiger partial charge in [0.05, 0.1) is 0 Å². The highest BCUT2D eigenvalue weighted by Crippen LogP contribution is 2.08. The second kappa shape index (κ2) is 4.74. The Morgan fingerprint density at radius 3 is 2.17 bits per heavy atom. The molecule has 0 radical (unpaired) electrons. The lowest BCUT2D eigenvalue weighted by atomic mass is 10.1. The first kappa shape index (κ1) is 10.9. The third kappa shape index (κ3) is 4.71. The van der Waals surface area contributed by atoms with E-state index in [1.807, 2.05) is 13.8 Å². The minimum Gasteiger partial charge on any atom is -0.479 e. The average molecular weight is 174 g/mol. The van der Waals surface area contributed by atoms with Gasteiger partial charge in [0.15, 0.2) is 6.10 Å². The number of carbonyl (C=O) groups excluding carboxylic acids is 1. The Labute approximate surface area is 71.5 Å². The monoisotopic (exact) mass is 174 g/mol. The highest BCUT2D eigenvalue weighted by molar-refractivity contribution is 5.76. The van der Waals surface area contributed by atoms with Crippen LogP contribution in [-0.2, 0) is 14.3 Å². The summed E-state index contributed by atoms with van der Waals surface area (Å²) in [5, 5.41) is 8.59. The quantitative estimate of drug-likeness (QED) is 0.647. The van der Waals surface area contributed by atoms with Crippen molar-refractivity contribution in [2.45, 2.75) is 33.3 Å². The minimum atomic E-state index is -1.08. The highest BCUT2D eigenvalue weighted by atomic mass is 16.6. The van der Waals surface area contributed by atoms with Gasteiger partial charge in [0.25, 0.3) is 0 Å². The fraction of sp³-hybridized carbons (Fsp3) is 0.750. The molecule has 0 saturated heterocycles. The maximum Gasteiger partial charge on any atom is 0.345 e. The molecule has 0 spiro atoms. The summed E-state index contributed by atoms with van der Waals surface area (Å²) in [6.07, 6.45) is -0.642. The molecule has 0 heterocycles. The number of esters is 1. The van der Waals surface area contributed by atoms with Crippen molar-refractivity contribution in [2.75, 3.05) is 0 Å². The summed E-state index contributed by atoms with van der Waals surface area (Å²) in [5.41, 5.74) is 0. The normalized spacial score (nSPS) is 12.7. The third-order valence-electron chi connectivity index (χ3n) is 1.27. The molecular weight excluding hydrogens is 160 g/mol. The van der Waals surface area contributed by atoms with Crippen molar-refractivity contribution >= 4 is 11.9 Å². The van der Waals surface area contributed by atoms with Crippen LogP contribution in [0.1, 0.15) is 27.2 Å². The molecule has 0 aliphatic heterocycles. The van der Waals surface area contributed by atoms with Gasteiger partial charge in [-0.1, -0.05) is 13.8 Å². The van der Waals surface area contributed by atoms with Gasteiger partial charge in [-0.3, -0.25) is 4.79 Å². The van der Waals surface area contributed by atoms with Gasteiger partial charge < -0.3 is 9.84 Å². The maximum absolute atomic E-state index is 10.5. The van der Waals surface area contributed by atoms with E-state index in [0.29, 0.717) is 6.42 Å². The summed E-state index contributed by atoms with van der Waals surface area (Å²) >= 11 is 0. The molecule has 1 atom stereocenters. The molecule has 70 valence electrons. The lowest BCUT2D eigenvalue weighted by Crippen LogP contribution is -2.27. The number of rotatable bonds is 4. The predicted octanol–water partition coefficient (Wildman–Crippen LogP) is 1.05. The first-order valence-electron chi connectivity index (χ1n) is 3.83. The van der Waals surface area contributed by atoms with Crippen molar-refractivity contribution in [3.63, 3.8) is 0 Å². The number of carboxylic acids is 1. The minimum absolute atomic E-state index is 0.199. The van der Waals surface area contributed by atoms with Crippen LogP contribution < -0.4 is 0 Å². The standard InChI is InChI=1S/C8H14O4/c1-5(2)4-7(8(10)11)12-6(3)9/h5,7H,4H2,1-3H3,(H,10,11). The molecule has 1 unspecified atom stereocenters. The Morgan fingerprint density at radius 1 is 1.42 bits per heavy atom. The summed E-state index contributed by atoms with van der Waals surface area (Å²) in [6.45, 7) is 4.95. The van der Waals surface area contributed by atoms with Crippen molar-refractivity contribution in [3.05, 3.63) is 0 Å². The van der Waals surface area contributed by atoms with Gasteiger partial charge in [-0.15, -0.1) is 0 Å². The van der Waals surface area contributed by atoms with Crippen LogP contribution in [0.3, 0.4) is 0 Å². The molecule has 0 aromatic rings. The largest absolute Gasteiger partial charge is 0.479 e. The number of hydrogen-bond donors (Lipinski definition) is 1. The molecular formula is C8H14O4. The fourth-order valence-corrected chi connectivity index (χ4v) is 0.828. The van der Waals surface area contributed by atoms with Crippen LogP contribution in [0.2, 0.25) is 0 Å². The van der Waals surface area contributed by atoms with Crippen molar-refractivity contribution < 1.29 is 19.4 Å². The number of carboxylic acid groups (broad SMARTS) is 1. The van der Waals surface area contributed by atoms with E-state index in [9.17, 15) is 9.59 Å². The van der Waals surface area contributed by atoms with E-state index in [4.69, 9.17) is 5.11 Å². The van der Waals surface area contributed by atoms with E-state index in [2.05, 4.69) is 4.74 Å². The third-order valence-corrected chi connectivity index (χ3v) is 1.27. The molecule has 0 amide bonds. The van der Waals surface area contributed by atoms with Crippen LogP contribution >= 0.6 is 0 Å². The lowest BCUT2D eigenvalue weighted by Gasteiger charge is -2.13. The van der Waals surface area contributed by atoms with Gasteiger partial charge in [0.2, 0.25) is 0 Å². The molecule has 0 rings (SSSR count). The summed E-state index contributed by atoms with van der Waals surface area (Å²) < 4.78 is 4.58. The van der Waals surface area contributed by atoms with Crippen LogP contribution in [0.15, 0.2) is 0 Å². The Balaban J connectivity index is 4.04. The number of aliphatic carboxylic acids is 1. The van der Waals surface area contributed by atoms with Crippen LogP contribution in [0.5, 0.6) is 0 Å². The van der Waals surface area contributed by atoms with E-state index in [-0.39, 0.29) is 5.92 Å². The average Bonchev–Trinajstić information content (AvgIpc) is 1.83. The zero-order valence-electron chi connectivity index (χ0n) is 7.53. The van der Waals surface area contributed by atoms with Gasteiger partial charge in [-0.2, -0.15) is 0 Å². The first-order valence-corrected chi connectivity index (χ1v) is 3.83. The summed E-state index contributed by atoms with van der Waals surface area (Å²) in [6, 6.07) is 0. The molecule has 0 aliphatic rings. The van der Waals surface area contributed by atoms with Gasteiger partial charge in [-0.05, 0) is 12.3 Å². The molecule has 0 saturated carbocycles. The Kier molecular flexibility index (Phi) is 4.33. The van der Waals surface area contributed by atoms with Gasteiger partial charge in [-0.25, -0.2) is 4.79 Å². The van der Waals surface area contributed by atoms with Crippen LogP contribution in [0, 0.1) is 5.92 Å². The molecule has 1 N–H and O–H groups in total. The molecule has 0 aromatic heterocycles. The predicted molar refractivity (Wildman–Crippen MR) is 42.6 cm³/mol. The van der Waals surface area contributed by atoms with Crippen molar-refractivity contribution in [3.8, 4) is 0 Å². The van der Waals surface area contributed by atoms with E-state index in [1.165, 1.54) is 6.92 Å². The van der Waals surface area contributed by atoms with Crippen molar-refractivity contribution in [1.82, 2.24) is 0 Å². The number of carbonyl (C=O) groups is 2. The molecule has 4 heteroatoms. The maximum atomic E-state index is 10.5. The topological polar surface area (TPSA) is 63.6 Å². The Morgan fingerprint density at radius 2 is 1.92 bits per heavy atom. The van der Waals surface area contributed by atoms with Crippen molar-refractivity contribution in [1.29, 1.82) is 0 Å². The van der Waals surface area contributed by atoms with Gasteiger partial charge >= 0.3 is 11.9 Å². The van der Waals surface area contributed by atoms with E-state index in [0.717, 1.165) is 0 Å². The van der Waals surface area contributed by atoms with Crippen LogP contribution in [0.25, 0.3) is 0 Å². The summed E-state index contributed by atoms with van der Waals surface area (Å²) in [4.78, 5) is 20.9.